The second-order valence-electron chi connectivity index (χ2n) is 9.64. The van der Waals surface area contributed by atoms with Crippen LogP contribution in [0.4, 0.5) is 0 Å². The first-order valence-corrected chi connectivity index (χ1v) is 12.5. The molecule has 0 heterocycles. The summed E-state index contributed by atoms with van der Waals surface area (Å²) in [5, 5.41) is 18.4. The first-order valence-electron chi connectivity index (χ1n) is 12.5. The SMILES string of the molecule is CNC(CCCCN)C(=O)C(C)(C)NC(CCCCNC(=O)C1=C(C(=O)O)CCCC1)C(C)=O. The Morgan fingerprint density at radius 2 is 1.56 bits per heavy atom. The van der Waals surface area contributed by atoms with Gasteiger partial charge in [0.2, 0.25) is 5.91 Å². The standard InChI is InChI=1S/C25H44N4O5/c1-17(30)20(29-25(2,3)22(31)21(27-4)14-7-9-15-26)13-8-10-16-28-23(32)18-11-5-6-12-19(18)24(33)34/h20-21,27,29H,5-16,26H2,1-4H3,(H,28,32)(H,33,34). The Balaban J connectivity index is 2.56. The topological polar surface area (TPSA) is 151 Å². The molecular weight excluding hydrogens is 436 g/mol. The maximum absolute atomic E-state index is 13.1. The lowest BCUT2D eigenvalue weighted by Crippen LogP contribution is -2.58. The summed E-state index contributed by atoms with van der Waals surface area (Å²) in [7, 11) is 1.76. The number of carboxylic acids is 1. The summed E-state index contributed by atoms with van der Waals surface area (Å²) < 4.78 is 0. The molecule has 0 fully saturated rings. The Kier molecular flexibility index (Phi) is 13.2. The highest BCUT2D eigenvalue weighted by Crippen LogP contribution is 2.25. The number of carbonyl (C=O) groups excluding carboxylic acids is 3. The molecule has 1 rings (SSSR count). The van der Waals surface area contributed by atoms with Gasteiger partial charge in [-0.2, -0.15) is 0 Å². The van der Waals surface area contributed by atoms with E-state index in [4.69, 9.17) is 5.73 Å². The first kappa shape index (κ1) is 29.9. The molecule has 0 spiro atoms. The molecule has 0 aliphatic heterocycles. The summed E-state index contributed by atoms with van der Waals surface area (Å²) in [6, 6.07) is -0.766. The normalized spacial score (nSPS) is 16.1. The Morgan fingerprint density at radius 1 is 0.971 bits per heavy atom. The number of nitrogens with two attached hydrogens (primary N) is 1. The van der Waals surface area contributed by atoms with Crippen molar-refractivity contribution in [1.82, 2.24) is 16.0 Å². The van der Waals surface area contributed by atoms with Crippen LogP contribution < -0.4 is 21.7 Å². The molecule has 0 saturated carbocycles. The van der Waals surface area contributed by atoms with E-state index in [1.807, 2.05) is 0 Å². The highest BCUT2D eigenvalue weighted by Gasteiger charge is 2.35. The van der Waals surface area contributed by atoms with Gasteiger partial charge in [-0.15, -0.1) is 0 Å². The molecule has 1 aliphatic rings. The monoisotopic (exact) mass is 480 g/mol. The number of unbranched alkanes of at least 4 members (excludes halogenated alkanes) is 2. The van der Waals surface area contributed by atoms with Crippen LogP contribution in [0.1, 0.15) is 85.0 Å². The fraction of sp³-hybridized carbons (Fsp3) is 0.760. The fourth-order valence-electron chi connectivity index (χ4n) is 4.39. The minimum atomic E-state index is -1.02. The highest BCUT2D eigenvalue weighted by atomic mass is 16.4. The molecule has 2 unspecified atom stereocenters. The molecule has 0 aromatic carbocycles. The minimum Gasteiger partial charge on any atom is -0.478 e. The zero-order chi connectivity index (χ0) is 25.7. The van der Waals surface area contributed by atoms with Crippen LogP contribution in [-0.4, -0.2) is 66.3 Å². The molecule has 0 saturated heterocycles. The van der Waals surface area contributed by atoms with Crippen molar-refractivity contribution in [3.05, 3.63) is 11.1 Å². The Hall–Kier alpha value is -2.10. The van der Waals surface area contributed by atoms with Crippen molar-refractivity contribution < 1.29 is 24.3 Å². The van der Waals surface area contributed by atoms with Crippen molar-refractivity contribution in [3.63, 3.8) is 0 Å². The molecule has 0 aromatic heterocycles. The Labute approximate surface area is 203 Å². The summed E-state index contributed by atoms with van der Waals surface area (Å²) in [4.78, 5) is 49.1. The van der Waals surface area contributed by atoms with E-state index >= 15 is 0 Å². The van der Waals surface area contributed by atoms with E-state index in [0.717, 1.165) is 25.7 Å². The van der Waals surface area contributed by atoms with Gasteiger partial charge in [-0.1, -0.05) is 6.42 Å². The van der Waals surface area contributed by atoms with Crippen molar-refractivity contribution in [1.29, 1.82) is 0 Å². The van der Waals surface area contributed by atoms with Crippen LogP contribution in [0.3, 0.4) is 0 Å². The van der Waals surface area contributed by atoms with Crippen molar-refractivity contribution in [3.8, 4) is 0 Å². The molecule has 1 aliphatic carbocycles. The van der Waals surface area contributed by atoms with Gasteiger partial charge >= 0.3 is 5.97 Å². The highest BCUT2D eigenvalue weighted by molar-refractivity contribution is 6.02. The zero-order valence-electron chi connectivity index (χ0n) is 21.3. The van der Waals surface area contributed by atoms with Crippen molar-refractivity contribution in [2.75, 3.05) is 20.1 Å². The number of carboxylic acid groups (broad SMARTS) is 1. The molecule has 9 nitrogen and oxygen atoms in total. The lowest BCUT2D eigenvalue weighted by Gasteiger charge is -2.33. The number of hydrogen-bond donors (Lipinski definition) is 5. The minimum absolute atomic E-state index is 0.0144. The summed E-state index contributed by atoms with van der Waals surface area (Å²) in [6.45, 7) is 6.12. The van der Waals surface area contributed by atoms with Crippen molar-refractivity contribution >= 4 is 23.4 Å². The number of rotatable bonds is 17. The van der Waals surface area contributed by atoms with Crippen LogP contribution in [0.25, 0.3) is 0 Å². The maximum atomic E-state index is 13.1. The molecule has 9 heteroatoms. The van der Waals surface area contributed by atoms with Gasteiger partial charge in [0.25, 0.3) is 0 Å². The lowest BCUT2D eigenvalue weighted by molar-refractivity contribution is -0.133. The molecule has 194 valence electrons. The van der Waals surface area contributed by atoms with Gasteiger partial charge in [0.1, 0.15) is 5.78 Å². The number of Topliss-reactive ketones (excluding diaryl/α,β-unsaturated/α-hetero) is 2. The van der Waals surface area contributed by atoms with Gasteiger partial charge in [-0.3, -0.25) is 19.7 Å². The molecule has 0 radical (unpaired) electrons. The molecule has 34 heavy (non-hydrogen) atoms. The van der Waals surface area contributed by atoms with Crippen LogP contribution in [0.5, 0.6) is 0 Å². The average Bonchev–Trinajstić information content (AvgIpc) is 2.80. The van der Waals surface area contributed by atoms with E-state index in [1.165, 1.54) is 6.92 Å². The summed E-state index contributed by atoms with van der Waals surface area (Å²) in [6.07, 6.45) is 6.83. The number of likely N-dealkylation sites (N-methyl/N-ethyl adjacent to an activating group) is 1. The predicted molar refractivity (Wildman–Crippen MR) is 132 cm³/mol. The summed E-state index contributed by atoms with van der Waals surface area (Å²) in [5.41, 5.74) is 5.28. The maximum Gasteiger partial charge on any atom is 0.332 e. The molecule has 0 bridgehead atoms. The predicted octanol–water partition coefficient (Wildman–Crippen LogP) is 1.84. The van der Waals surface area contributed by atoms with Crippen LogP contribution in [0.15, 0.2) is 11.1 Å². The van der Waals surface area contributed by atoms with E-state index in [2.05, 4.69) is 16.0 Å². The van der Waals surface area contributed by atoms with Gasteiger partial charge in [-0.05, 0) is 92.2 Å². The van der Waals surface area contributed by atoms with Gasteiger partial charge in [0.15, 0.2) is 5.78 Å². The summed E-state index contributed by atoms with van der Waals surface area (Å²) in [5.74, 6) is -1.34. The third kappa shape index (κ3) is 9.64. The van der Waals surface area contributed by atoms with Gasteiger partial charge in [-0.25, -0.2) is 4.79 Å². The third-order valence-corrected chi connectivity index (χ3v) is 6.46. The fourth-order valence-corrected chi connectivity index (χ4v) is 4.39. The molecule has 0 aromatic rings. The van der Waals surface area contributed by atoms with Crippen LogP contribution in [0, 0.1) is 0 Å². The number of carbonyl (C=O) groups is 4. The number of aliphatic carboxylic acids is 1. The first-order chi connectivity index (χ1) is 16.0. The smallest absolute Gasteiger partial charge is 0.332 e. The number of hydrogen-bond acceptors (Lipinski definition) is 7. The molecule has 1 amide bonds. The van der Waals surface area contributed by atoms with Crippen molar-refractivity contribution in [2.24, 2.45) is 5.73 Å². The quantitative estimate of drug-likeness (QED) is 0.198. The van der Waals surface area contributed by atoms with E-state index < -0.39 is 17.6 Å². The molecule has 6 N–H and O–H groups in total. The number of amides is 1. The largest absolute Gasteiger partial charge is 0.478 e. The summed E-state index contributed by atoms with van der Waals surface area (Å²) >= 11 is 0. The van der Waals surface area contributed by atoms with Crippen molar-refractivity contribution in [2.45, 2.75) is 103 Å². The van der Waals surface area contributed by atoms with Gasteiger partial charge in [0, 0.05) is 17.7 Å². The second-order valence-corrected chi connectivity index (χ2v) is 9.64. The van der Waals surface area contributed by atoms with Crippen LogP contribution in [-0.2, 0) is 19.2 Å². The van der Waals surface area contributed by atoms with E-state index in [1.54, 1.807) is 20.9 Å². The van der Waals surface area contributed by atoms with E-state index in [0.29, 0.717) is 57.2 Å². The number of ketones is 2. The van der Waals surface area contributed by atoms with Gasteiger partial charge in [0.05, 0.1) is 17.6 Å². The van der Waals surface area contributed by atoms with Crippen LogP contribution >= 0.6 is 0 Å². The molecular formula is C25H44N4O5. The van der Waals surface area contributed by atoms with Crippen LogP contribution in [0.2, 0.25) is 0 Å². The Bertz CT molecular complexity index is 748. The van der Waals surface area contributed by atoms with E-state index in [-0.39, 0.29) is 29.1 Å². The second kappa shape index (κ2) is 15.0. The molecule has 2 atom stereocenters. The van der Waals surface area contributed by atoms with Gasteiger partial charge < -0.3 is 21.5 Å². The van der Waals surface area contributed by atoms with E-state index in [9.17, 15) is 24.3 Å². The third-order valence-electron chi connectivity index (χ3n) is 6.46. The zero-order valence-corrected chi connectivity index (χ0v) is 21.3. The Morgan fingerprint density at radius 3 is 2.12 bits per heavy atom. The average molecular weight is 481 g/mol. The number of nitrogens with one attached hydrogen (secondary N) is 3. The lowest BCUT2D eigenvalue weighted by atomic mass is 9.88.